The van der Waals surface area contributed by atoms with Gasteiger partial charge in [-0.3, -0.25) is 9.80 Å². The van der Waals surface area contributed by atoms with Gasteiger partial charge in [-0.15, -0.1) is 0 Å². The quantitative estimate of drug-likeness (QED) is 0.817. The zero-order valence-electron chi connectivity index (χ0n) is 12.8. The van der Waals surface area contributed by atoms with Gasteiger partial charge in [0.2, 0.25) is 0 Å². The predicted octanol–water partition coefficient (Wildman–Crippen LogP) is 1.79. The molecule has 3 heteroatoms. The lowest BCUT2D eigenvalue weighted by Gasteiger charge is -2.49. The molecule has 2 saturated heterocycles. The zero-order valence-corrected chi connectivity index (χ0v) is 12.8. The Labute approximate surface area is 118 Å². The monoisotopic (exact) mass is 265 g/mol. The molecule has 110 valence electrons. The summed E-state index contributed by atoms with van der Waals surface area (Å²) in [5, 5.41) is 3.67. The minimum Gasteiger partial charge on any atom is -0.316 e. The topological polar surface area (TPSA) is 18.5 Å². The molecule has 3 unspecified atom stereocenters. The average molecular weight is 265 g/mol. The minimum atomic E-state index is 0.778. The Morgan fingerprint density at radius 2 is 1.89 bits per heavy atom. The third kappa shape index (κ3) is 3.14. The van der Waals surface area contributed by atoms with Crippen LogP contribution < -0.4 is 5.32 Å². The lowest BCUT2D eigenvalue weighted by molar-refractivity contribution is 0.00636. The number of hydrogen-bond donors (Lipinski definition) is 1. The maximum absolute atomic E-state index is 3.67. The zero-order chi connectivity index (χ0) is 13.2. The SMILES string of the molecule is CC(C)CNCC1CCC1N1CCN2CCCC2C1. The molecule has 0 aromatic carbocycles. The van der Waals surface area contributed by atoms with Crippen LogP contribution >= 0.6 is 0 Å². The first-order valence-electron chi connectivity index (χ1n) is 8.43. The van der Waals surface area contributed by atoms with E-state index >= 15 is 0 Å². The van der Waals surface area contributed by atoms with Crippen LogP contribution in [0.4, 0.5) is 0 Å². The first-order valence-corrected chi connectivity index (χ1v) is 8.43. The fourth-order valence-electron chi connectivity index (χ4n) is 4.14. The molecule has 1 saturated carbocycles. The van der Waals surface area contributed by atoms with Gasteiger partial charge in [0.05, 0.1) is 0 Å². The smallest absolute Gasteiger partial charge is 0.0224 e. The van der Waals surface area contributed by atoms with E-state index < -0.39 is 0 Å². The number of hydrogen-bond acceptors (Lipinski definition) is 3. The van der Waals surface area contributed by atoms with Crippen LogP contribution in [0.15, 0.2) is 0 Å². The highest BCUT2D eigenvalue weighted by atomic mass is 15.3. The Balaban J connectivity index is 1.44. The Morgan fingerprint density at radius 3 is 2.63 bits per heavy atom. The molecule has 0 radical (unpaired) electrons. The standard InChI is InChI=1S/C16H31N3/c1-13(2)10-17-11-14-5-6-16(14)19-9-8-18-7-3-4-15(18)12-19/h13-17H,3-12H2,1-2H3. The van der Waals surface area contributed by atoms with Gasteiger partial charge < -0.3 is 5.32 Å². The normalized spacial score (nSPS) is 36.5. The maximum atomic E-state index is 3.67. The molecule has 3 atom stereocenters. The van der Waals surface area contributed by atoms with Crippen LogP contribution in [0.1, 0.15) is 39.5 Å². The van der Waals surface area contributed by atoms with Gasteiger partial charge in [0.15, 0.2) is 0 Å². The molecule has 3 rings (SSSR count). The molecule has 19 heavy (non-hydrogen) atoms. The second-order valence-corrected chi connectivity index (χ2v) is 7.28. The van der Waals surface area contributed by atoms with E-state index in [0.717, 1.165) is 23.9 Å². The molecule has 0 aromatic heterocycles. The lowest BCUT2D eigenvalue weighted by atomic mass is 9.78. The Bertz CT molecular complexity index is 292. The molecule has 2 heterocycles. The molecule has 1 aliphatic carbocycles. The van der Waals surface area contributed by atoms with Gasteiger partial charge in [-0.1, -0.05) is 13.8 Å². The molecule has 3 nitrogen and oxygen atoms in total. The summed E-state index contributed by atoms with van der Waals surface area (Å²) in [7, 11) is 0. The van der Waals surface area contributed by atoms with E-state index in [1.165, 1.54) is 65.0 Å². The van der Waals surface area contributed by atoms with Crippen LogP contribution in [0.2, 0.25) is 0 Å². The number of nitrogens with zero attached hydrogens (tertiary/aromatic N) is 2. The van der Waals surface area contributed by atoms with Gasteiger partial charge in [-0.2, -0.15) is 0 Å². The van der Waals surface area contributed by atoms with Crippen LogP contribution in [0.5, 0.6) is 0 Å². The summed E-state index contributed by atoms with van der Waals surface area (Å²) < 4.78 is 0. The summed E-state index contributed by atoms with van der Waals surface area (Å²) in [5.74, 6) is 1.70. The number of fused-ring (bicyclic) bond motifs is 1. The summed E-state index contributed by atoms with van der Waals surface area (Å²) >= 11 is 0. The van der Waals surface area contributed by atoms with Gasteiger partial charge in [-0.05, 0) is 57.2 Å². The minimum absolute atomic E-state index is 0.778. The second kappa shape index (κ2) is 6.11. The molecule has 0 amide bonds. The van der Waals surface area contributed by atoms with E-state index in [1.807, 2.05) is 0 Å². The first-order chi connectivity index (χ1) is 9.24. The molecule has 0 spiro atoms. The van der Waals surface area contributed by atoms with Crippen LogP contribution in [-0.4, -0.2) is 61.2 Å². The van der Waals surface area contributed by atoms with E-state index in [9.17, 15) is 0 Å². The van der Waals surface area contributed by atoms with Crippen molar-refractivity contribution in [3.8, 4) is 0 Å². The maximum Gasteiger partial charge on any atom is 0.0224 e. The summed E-state index contributed by atoms with van der Waals surface area (Å²) in [4.78, 5) is 5.54. The van der Waals surface area contributed by atoms with Crippen LogP contribution in [0.25, 0.3) is 0 Å². The second-order valence-electron chi connectivity index (χ2n) is 7.28. The van der Waals surface area contributed by atoms with E-state index in [0.29, 0.717) is 0 Å². The van der Waals surface area contributed by atoms with Crippen molar-refractivity contribution in [2.45, 2.75) is 51.6 Å². The largest absolute Gasteiger partial charge is 0.316 e. The Kier molecular flexibility index (Phi) is 4.45. The highest BCUT2D eigenvalue weighted by molar-refractivity contribution is 4.95. The molecular formula is C16H31N3. The molecule has 3 aliphatic rings. The molecular weight excluding hydrogens is 234 g/mol. The van der Waals surface area contributed by atoms with Crippen LogP contribution in [0, 0.1) is 11.8 Å². The van der Waals surface area contributed by atoms with Crippen molar-refractivity contribution in [1.29, 1.82) is 0 Å². The molecule has 3 fully saturated rings. The van der Waals surface area contributed by atoms with Crippen molar-refractivity contribution >= 4 is 0 Å². The van der Waals surface area contributed by atoms with Gasteiger partial charge in [0, 0.05) is 31.7 Å². The van der Waals surface area contributed by atoms with Crippen molar-refractivity contribution in [2.24, 2.45) is 11.8 Å². The number of rotatable bonds is 5. The van der Waals surface area contributed by atoms with Crippen LogP contribution in [-0.2, 0) is 0 Å². The van der Waals surface area contributed by atoms with Crippen molar-refractivity contribution in [1.82, 2.24) is 15.1 Å². The van der Waals surface area contributed by atoms with E-state index in [4.69, 9.17) is 0 Å². The summed E-state index contributed by atoms with van der Waals surface area (Å²) in [6.07, 6.45) is 5.77. The van der Waals surface area contributed by atoms with Gasteiger partial charge in [-0.25, -0.2) is 0 Å². The van der Waals surface area contributed by atoms with Crippen molar-refractivity contribution < 1.29 is 0 Å². The third-order valence-electron chi connectivity index (χ3n) is 5.42. The van der Waals surface area contributed by atoms with Gasteiger partial charge in [0.25, 0.3) is 0 Å². The van der Waals surface area contributed by atoms with Crippen LogP contribution in [0.3, 0.4) is 0 Å². The number of nitrogens with one attached hydrogen (secondary N) is 1. The summed E-state index contributed by atoms with van der Waals surface area (Å²) in [5.41, 5.74) is 0. The summed E-state index contributed by atoms with van der Waals surface area (Å²) in [6.45, 7) is 12.4. The highest BCUT2D eigenvalue weighted by Gasteiger charge is 2.39. The van der Waals surface area contributed by atoms with E-state index in [1.54, 1.807) is 0 Å². The Hall–Kier alpha value is -0.120. The number of piperazine rings is 1. The molecule has 0 bridgehead atoms. The van der Waals surface area contributed by atoms with E-state index in [2.05, 4.69) is 29.0 Å². The fourth-order valence-corrected chi connectivity index (χ4v) is 4.14. The highest BCUT2D eigenvalue weighted by Crippen LogP contribution is 2.34. The third-order valence-corrected chi connectivity index (χ3v) is 5.42. The van der Waals surface area contributed by atoms with E-state index in [-0.39, 0.29) is 0 Å². The predicted molar refractivity (Wildman–Crippen MR) is 80.4 cm³/mol. The molecule has 1 N–H and O–H groups in total. The van der Waals surface area contributed by atoms with Gasteiger partial charge in [0.1, 0.15) is 0 Å². The molecule has 0 aromatic rings. The lowest BCUT2D eigenvalue weighted by Crippen LogP contribution is -2.59. The average Bonchev–Trinajstić information content (AvgIpc) is 2.80. The summed E-state index contributed by atoms with van der Waals surface area (Å²) in [6, 6.07) is 1.78. The van der Waals surface area contributed by atoms with Crippen molar-refractivity contribution in [3.05, 3.63) is 0 Å². The first kappa shape index (κ1) is 13.8. The van der Waals surface area contributed by atoms with Crippen molar-refractivity contribution in [3.63, 3.8) is 0 Å². The fraction of sp³-hybridized carbons (Fsp3) is 1.00. The molecule has 2 aliphatic heterocycles. The van der Waals surface area contributed by atoms with Crippen molar-refractivity contribution in [2.75, 3.05) is 39.3 Å². The Morgan fingerprint density at radius 1 is 1.05 bits per heavy atom. The van der Waals surface area contributed by atoms with Gasteiger partial charge >= 0.3 is 0 Å².